The maximum Gasteiger partial charge on any atom is 0.306 e. The van der Waals surface area contributed by atoms with Gasteiger partial charge in [0.1, 0.15) is 6.61 Å². The summed E-state index contributed by atoms with van der Waals surface area (Å²) in [7, 11) is 0. The molecule has 104 valence electrons. The number of para-hydroxylation sites is 1. The summed E-state index contributed by atoms with van der Waals surface area (Å²) in [4.78, 5) is 11.6. The van der Waals surface area contributed by atoms with Crippen LogP contribution in [0.3, 0.4) is 0 Å². The van der Waals surface area contributed by atoms with Gasteiger partial charge in [-0.1, -0.05) is 48.5 Å². The van der Waals surface area contributed by atoms with Crippen molar-refractivity contribution in [2.45, 2.75) is 25.9 Å². The molecule has 2 rings (SSSR count). The average Bonchev–Trinajstić information content (AvgIpc) is 2.48. The van der Waals surface area contributed by atoms with E-state index in [0.29, 0.717) is 13.0 Å². The van der Waals surface area contributed by atoms with E-state index < -0.39 is 0 Å². The van der Waals surface area contributed by atoms with Crippen molar-refractivity contribution < 1.29 is 9.53 Å². The van der Waals surface area contributed by atoms with Crippen LogP contribution in [0.15, 0.2) is 54.6 Å². The van der Waals surface area contributed by atoms with Crippen molar-refractivity contribution in [2.75, 3.05) is 5.73 Å². The third kappa shape index (κ3) is 4.43. The molecule has 0 heterocycles. The second-order valence-corrected chi connectivity index (χ2v) is 4.70. The fourth-order valence-corrected chi connectivity index (χ4v) is 2.00. The molecule has 0 aliphatic rings. The molecule has 0 aliphatic carbocycles. The maximum absolute atomic E-state index is 11.6. The van der Waals surface area contributed by atoms with E-state index in [1.54, 1.807) is 0 Å². The topological polar surface area (TPSA) is 52.3 Å². The molecular formula is C17H19NO2. The minimum Gasteiger partial charge on any atom is -0.461 e. The van der Waals surface area contributed by atoms with E-state index in [2.05, 4.69) is 0 Å². The molecule has 0 saturated heterocycles. The lowest BCUT2D eigenvalue weighted by Crippen LogP contribution is -2.05. The van der Waals surface area contributed by atoms with Gasteiger partial charge in [-0.3, -0.25) is 4.79 Å². The molecule has 0 aromatic heterocycles. The van der Waals surface area contributed by atoms with Gasteiger partial charge in [0.25, 0.3) is 0 Å². The number of ether oxygens (including phenoxy) is 1. The van der Waals surface area contributed by atoms with E-state index in [1.165, 1.54) is 0 Å². The summed E-state index contributed by atoms with van der Waals surface area (Å²) in [5.74, 6) is -0.164. The van der Waals surface area contributed by atoms with E-state index in [0.717, 1.165) is 29.7 Å². The van der Waals surface area contributed by atoms with Gasteiger partial charge in [-0.2, -0.15) is 0 Å². The van der Waals surface area contributed by atoms with Crippen molar-refractivity contribution >= 4 is 11.7 Å². The molecule has 0 amide bonds. The largest absolute Gasteiger partial charge is 0.461 e. The summed E-state index contributed by atoms with van der Waals surface area (Å²) in [6, 6.07) is 17.4. The van der Waals surface area contributed by atoms with Crippen LogP contribution in [0, 0.1) is 0 Å². The Labute approximate surface area is 119 Å². The number of hydrogen-bond donors (Lipinski definition) is 1. The lowest BCUT2D eigenvalue weighted by Gasteiger charge is -2.06. The van der Waals surface area contributed by atoms with Crippen molar-refractivity contribution in [2.24, 2.45) is 0 Å². The van der Waals surface area contributed by atoms with Crippen LogP contribution < -0.4 is 5.73 Å². The van der Waals surface area contributed by atoms with Crippen molar-refractivity contribution in [1.82, 2.24) is 0 Å². The molecule has 0 radical (unpaired) electrons. The van der Waals surface area contributed by atoms with Gasteiger partial charge in [0.15, 0.2) is 0 Å². The molecule has 2 N–H and O–H groups in total. The summed E-state index contributed by atoms with van der Waals surface area (Å²) < 4.78 is 5.23. The first kappa shape index (κ1) is 14.1. The van der Waals surface area contributed by atoms with Crippen molar-refractivity contribution in [3.05, 3.63) is 65.7 Å². The molecule has 0 atom stereocenters. The number of aryl methyl sites for hydroxylation is 1. The van der Waals surface area contributed by atoms with Gasteiger partial charge in [-0.25, -0.2) is 0 Å². The number of rotatable bonds is 6. The summed E-state index contributed by atoms with van der Waals surface area (Å²) in [5, 5.41) is 0. The third-order valence-electron chi connectivity index (χ3n) is 3.12. The number of esters is 1. The Morgan fingerprint density at radius 3 is 2.45 bits per heavy atom. The summed E-state index contributed by atoms with van der Waals surface area (Å²) in [5.41, 5.74) is 8.73. The molecule has 2 aromatic rings. The Balaban J connectivity index is 1.69. The Hall–Kier alpha value is -2.29. The van der Waals surface area contributed by atoms with E-state index >= 15 is 0 Å². The standard InChI is InChI=1S/C17H19NO2/c18-16-11-5-4-9-15(16)10-6-12-17(19)20-13-14-7-2-1-3-8-14/h1-5,7-9,11H,6,10,12-13,18H2. The number of anilines is 1. The lowest BCUT2D eigenvalue weighted by atomic mass is 10.1. The van der Waals surface area contributed by atoms with Crippen LogP contribution in [0.1, 0.15) is 24.0 Å². The number of hydrogen-bond acceptors (Lipinski definition) is 3. The number of benzene rings is 2. The number of nitrogens with two attached hydrogens (primary N) is 1. The van der Waals surface area contributed by atoms with Crippen LogP contribution in [0.2, 0.25) is 0 Å². The van der Waals surface area contributed by atoms with Gasteiger partial charge in [0.05, 0.1) is 0 Å². The van der Waals surface area contributed by atoms with Gasteiger partial charge in [0, 0.05) is 12.1 Å². The molecule has 0 saturated carbocycles. The van der Waals surface area contributed by atoms with E-state index in [1.807, 2.05) is 54.6 Å². The van der Waals surface area contributed by atoms with Crippen LogP contribution >= 0.6 is 0 Å². The summed E-state index contributed by atoms with van der Waals surface area (Å²) in [6.07, 6.45) is 1.97. The molecule has 20 heavy (non-hydrogen) atoms. The predicted octanol–water partition coefficient (Wildman–Crippen LogP) is 3.33. The Morgan fingerprint density at radius 2 is 1.70 bits per heavy atom. The first-order valence-corrected chi connectivity index (χ1v) is 6.78. The van der Waals surface area contributed by atoms with Crippen molar-refractivity contribution in [3.8, 4) is 0 Å². The number of carbonyl (C=O) groups excluding carboxylic acids is 1. The molecule has 3 nitrogen and oxygen atoms in total. The van der Waals surface area contributed by atoms with Gasteiger partial charge in [-0.15, -0.1) is 0 Å². The zero-order chi connectivity index (χ0) is 14.2. The van der Waals surface area contributed by atoms with Crippen LogP contribution in [-0.2, 0) is 22.6 Å². The van der Waals surface area contributed by atoms with Crippen molar-refractivity contribution in [1.29, 1.82) is 0 Å². The fourth-order valence-electron chi connectivity index (χ4n) is 2.00. The molecular weight excluding hydrogens is 250 g/mol. The lowest BCUT2D eigenvalue weighted by molar-refractivity contribution is -0.145. The van der Waals surface area contributed by atoms with E-state index in [-0.39, 0.29) is 5.97 Å². The van der Waals surface area contributed by atoms with Gasteiger partial charge in [-0.05, 0) is 30.0 Å². The molecule has 0 aliphatic heterocycles. The Kier molecular flexibility index (Phi) is 5.18. The van der Waals surface area contributed by atoms with Crippen LogP contribution in [0.25, 0.3) is 0 Å². The Bertz CT molecular complexity index is 552. The first-order valence-electron chi connectivity index (χ1n) is 6.78. The predicted molar refractivity (Wildman–Crippen MR) is 80.0 cm³/mol. The molecule has 0 spiro atoms. The summed E-state index contributed by atoms with van der Waals surface area (Å²) >= 11 is 0. The third-order valence-corrected chi connectivity index (χ3v) is 3.12. The van der Waals surface area contributed by atoms with Crippen LogP contribution in [0.4, 0.5) is 5.69 Å². The maximum atomic E-state index is 11.6. The summed E-state index contributed by atoms with van der Waals surface area (Å²) in [6.45, 7) is 0.340. The highest BCUT2D eigenvalue weighted by Gasteiger charge is 2.04. The first-order chi connectivity index (χ1) is 9.75. The monoisotopic (exact) mass is 269 g/mol. The number of nitrogen functional groups attached to an aromatic ring is 1. The minimum absolute atomic E-state index is 0.164. The highest BCUT2D eigenvalue weighted by Crippen LogP contribution is 2.14. The van der Waals surface area contributed by atoms with Crippen LogP contribution in [-0.4, -0.2) is 5.97 Å². The molecule has 0 fully saturated rings. The second-order valence-electron chi connectivity index (χ2n) is 4.70. The molecule has 0 bridgehead atoms. The zero-order valence-corrected chi connectivity index (χ0v) is 11.4. The highest BCUT2D eigenvalue weighted by atomic mass is 16.5. The van der Waals surface area contributed by atoms with Gasteiger partial charge >= 0.3 is 5.97 Å². The van der Waals surface area contributed by atoms with Crippen molar-refractivity contribution in [3.63, 3.8) is 0 Å². The molecule has 3 heteroatoms. The quantitative estimate of drug-likeness (QED) is 0.646. The van der Waals surface area contributed by atoms with Crippen LogP contribution in [0.5, 0.6) is 0 Å². The molecule has 0 unspecified atom stereocenters. The zero-order valence-electron chi connectivity index (χ0n) is 11.4. The second kappa shape index (κ2) is 7.34. The normalized spacial score (nSPS) is 10.2. The van der Waals surface area contributed by atoms with Gasteiger partial charge in [0.2, 0.25) is 0 Å². The minimum atomic E-state index is -0.164. The Morgan fingerprint density at radius 1 is 1.00 bits per heavy atom. The van der Waals surface area contributed by atoms with E-state index in [4.69, 9.17) is 10.5 Å². The average molecular weight is 269 g/mol. The highest BCUT2D eigenvalue weighted by molar-refractivity contribution is 5.69. The van der Waals surface area contributed by atoms with E-state index in [9.17, 15) is 4.79 Å². The fraction of sp³-hybridized carbons (Fsp3) is 0.235. The number of carbonyl (C=O) groups is 1. The van der Waals surface area contributed by atoms with Gasteiger partial charge < -0.3 is 10.5 Å². The SMILES string of the molecule is Nc1ccccc1CCCC(=O)OCc1ccccc1. The molecule has 2 aromatic carbocycles. The smallest absolute Gasteiger partial charge is 0.306 e.